The molecule has 1 rings (SSSR count). The molecule has 1 N–H and O–H groups in total. The third-order valence-corrected chi connectivity index (χ3v) is 3.63. The van der Waals surface area contributed by atoms with Gasteiger partial charge in [0, 0.05) is 12.2 Å². The van der Waals surface area contributed by atoms with Gasteiger partial charge in [-0.3, -0.25) is 14.8 Å². The Bertz CT molecular complexity index is 453. The van der Waals surface area contributed by atoms with Gasteiger partial charge in [-0.2, -0.15) is 5.10 Å². The van der Waals surface area contributed by atoms with Crippen molar-refractivity contribution < 1.29 is 9.53 Å². The van der Waals surface area contributed by atoms with Crippen molar-refractivity contribution in [3.63, 3.8) is 0 Å². The van der Waals surface area contributed by atoms with Gasteiger partial charge in [0.05, 0.1) is 23.9 Å². The Morgan fingerprint density at radius 1 is 1.55 bits per heavy atom. The molecule has 114 valence electrons. The van der Waals surface area contributed by atoms with Gasteiger partial charge in [-0.1, -0.05) is 11.6 Å². The predicted octanol–water partition coefficient (Wildman–Crippen LogP) is 2.73. The number of carbonyl (C=O) groups excluding carboxylic acids is 1. The highest BCUT2D eigenvalue weighted by atomic mass is 35.5. The number of carbonyl (C=O) groups is 1. The second-order valence-electron chi connectivity index (χ2n) is 5.72. The van der Waals surface area contributed by atoms with E-state index in [0.29, 0.717) is 11.4 Å². The average molecular weight is 302 g/mol. The molecule has 0 bridgehead atoms. The van der Waals surface area contributed by atoms with Gasteiger partial charge in [-0.25, -0.2) is 0 Å². The highest BCUT2D eigenvalue weighted by Gasteiger charge is 2.36. The van der Waals surface area contributed by atoms with E-state index in [0.717, 1.165) is 5.69 Å². The zero-order valence-electron chi connectivity index (χ0n) is 13.0. The summed E-state index contributed by atoms with van der Waals surface area (Å²) in [5.41, 5.74) is 0.0318. The molecule has 0 radical (unpaired) electrons. The average Bonchev–Trinajstić information content (AvgIpc) is 2.67. The van der Waals surface area contributed by atoms with E-state index in [1.54, 1.807) is 10.9 Å². The van der Waals surface area contributed by atoms with E-state index in [9.17, 15) is 4.79 Å². The fourth-order valence-electron chi connectivity index (χ4n) is 2.43. The van der Waals surface area contributed by atoms with Crippen LogP contribution in [0.25, 0.3) is 0 Å². The van der Waals surface area contributed by atoms with Crippen LogP contribution in [0.2, 0.25) is 5.02 Å². The molecule has 0 saturated heterocycles. The second kappa shape index (κ2) is 6.59. The first-order chi connectivity index (χ1) is 9.19. The van der Waals surface area contributed by atoms with Crippen molar-refractivity contribution in [2.45, 2.75) is 58.7 Å². The molecule has 0 aliphatic carbocycles. The van der Waals surface area contributed by atoms with Crippen molar-refractivity contribution >= 4 is 17.6 Å². The van der Waals surface area contributed by atoms with Crippen LogP contribution in [-0.4, -0.2) is 34.4 Å². The molecule has 1 aromatic rings. The number of ether oxygens (including phenoxy) is 1. The Morgan fingerprint density at radius 2 is 2.15 bits per heavy atom. The van der Waals surface area contributed by atoms with Gasteiger partial charge < -0.3 is 4.74 Å². The molecule has 0 aromatic carbocycles. The summed E-state index contributed by atoms with van der Waals surface area (Å²) in [5, 5.41) is 8.28. The molecule has 0 amide bonds. The largest absolute Gasteiger partial charge is 0.468 e. The standard InChI is InChI=1S/C14H24ClN3O2/c1-9(2)16-14(5,13(19)20-6)7-10(3)18-8-12(15)11(4)17-18/h8-10,16H,7H2,1-6H3. The number of esters is 1. The molecule has 0 spiro atoms. The van der Waals surface area contributed by atoms with Crippen LogP contribution in [0.5, 0.6) is 0 Å². The van der Waals surface area contributed by atoms with E-state index in [-0.39, 0.29) is 18.1 Å². The molecule has 0 fully saturated rings. The molecule has 6 heteroatoms. The van der Waals surface area contributed by atoms with Crippen LogP contribution in [0.15, 0.2) is 6.20 Å². The molecule has 0 aliphatic heterocycles. The number of hydrogen-bond donors (Lipinski definition) is 1. The van der Waals surface area contributed by atoms with Gasteiger partial charge in [0.25, 0.3) is 0 Å². The van der Waals surface area contributed by atoms with Crippen LogP contribution in [0.3, 0.4) is 0 Å². The SMILES string of the molecule is COC(=O)C(C)(CC(C)n1cc(Cl)c(C)n1)NC(C)C. The highest BCUT2D eigenvalue weighted by Crippen LogP contribution is 2.24. The Hall–Kier alpha value is -1.07. The number of hydrogen-bond acceptors (Lipinski definition) is 4. The van der Waals surface area contributed by atoms with Gasteiger partial charge in [0.15, 0.2) is 0 Å². The van der Waals surface area contributed by atoms with Crippen LogP contribution >= 0.6 is 11.6 Å². The number of rotatable bonds is 6. The van der Waals surface area contributed by atoms with Gasteiger partial charge in [0.2, 0.25) is 0 Å². The van der Waals surface area contributed by atoms with E-state index < -0.39 is 5.54 Å². The summed E-state index contributed by atoms with van der Waals surface area (Å²) in [6, 6.07) is 0.200. The fraction of sp³-hybridized carbons (Fsp3) is 0.714. The second-order valence-corrected chi connectivity index (χ2v) is 6.13. The first-order valence-corrected chi connectivity index (χ1v) is 7.14. The molecular formula is C14H24ClN3O2. The fourth-order valence-corrected chi connectivity index (χ4v) is 2.57. The lowest BCUT2D eigenvalue weighted by Crippen LogP contribution is -2.54. The van der Waals surface area contributed by atoms with E-state index in [1.165, 1.54) is 7.11 Å². The van der Waals surface area contributed by atoms with Gasteiger partial charge in [-0.15, -0.1) is 0 Å². The number of aryl methyl sites for hydroxylation is 1. The summed E-state index contributed by atoms with van der Waals surface area (Å²) in [5.74, 6) is -0.270. The number of halogens is 1. The lowest BCUT2D eigenvalue weighted by Gasteiger charge is -2.32. The van der Waals surface area contributed by atoms with Crippen LogP contribution in [0.4, 0.5) is 0 Å². The quantitative estimate of drug-likeness (QED) is 0.821. The topological polar surface area (TPSA) is 56.2 Å². The minimum atomic E-state index is -0.755. The van der Waals surface area contributed by atoms with Crippen molar-refractivity contribution in [3.8, 4) is 0 Å². The molecule has 5 nitrogen and oxygen atoms in total. The summed E-state index contributed by atoms with van der Waals surface area (Å²) in [6.45, 7) is 9.72. The third kappa shape index (κ3) is 3.96. The van der Waals surface area contributed by atoms with Crippen molar-refractivity contribution in [3.05, 3.63) is 16.9 Å². The Balaban J connectivity index is 2.91. The molecule has 0 saturated carbocycles. The normalized spacial score (nSPS) is 16.0. The molecule has 2 atom stereocenters. The van der Waals surface area contributed by atoms with Crippen LogP contribution in [0, 0.1) is 6.92 Å². The number of methoxy groups -OCH3 is 1. The van der Waals surface area contributed by atoms with E-state index in [2.05, 4.69) is 10.4 Å². The lowest BCUT2D eigenvalue weighted by molar-refractivity contribution is -0.149. The molecule has 1 heterocycles. The molecule has 20 heavy (non-hydrogen) atoms. The van der Waals surface area contributed by atoms with Crippen LogP contribution < -0.4 is 5.32 Å². The summed E-state index contributed by atoms with van der Waals surface area (Å²) in [4.78, 5) is 12.1. The summed E-state index contributed by atoms with van der Waals surface area (Å²) >= 11 is 6.03. The number of aromatic nitrogens is 2. The number of nitrogens with zero attached hydrogens (tertiary/aromatic N) is 2. The van der Waals surface area contributed by atoms with E-state index in [4.69, 9.17) is 16.3 Å². The van der Waals surface area contributed by atoms with Crippen LogP contribution in [0.1, 0.15) is 45.9 Å². The third-order valence-electron chi connectivity index (χ3n) is 3.26. The van der Waals surface area contributed by atoms with Gasteiger partial charge >= 0.3 is 5.97 Å². The van der Waals surface area contributed by atoms with Crippen molar-refractivity contribution in [2.75, 3.05) is 7.11 Å². The maximum absolute atomic E-state index is 12.1. The Labute approximate surface area is 125 Å². The molecule has 0 aliphatic rings. The minimum absolute atomic E-state index is 0.0246. The van der Waals surface area contributed by atoms with E-state index >= 15 is 0 Å². The lowest BCUT2D eigenvalue weighted by atomic mass is 9.92. The Morgan fingerprint density at radius 3 is 2.55 bits per heavy atom. The first kappa shape index (κ1) is 17.0. The molecule has 1 aromatic heterocycles. The van der Waals surface area contributed by atoms with Gasteiger partial charge in [-0.05, 0) is 41.0 Å². The maximum Gasteiger partial charge on any atom is 0.325 e. The van der Waals surface area contributed by atoms with Crippen molar-refractivity contribution in [2.24, 2.45) is 0 Å². The summed E-state index contributed by atoms with van der Waals surface area (Å²) in [7, 11) is 1.40. The van der Waals surface area contributed by atoms with Crippen LogP contribution in [-0.2, 0) is 9.53 Å². The molecule has 2 unspecified atom stereocenters. The summed E-state index contributed by atoms with van der Waals surface area (Å²) in [6.07, 6.45) is 2.35. The molecular weight excluding hydrogens is 278 g/mol. The maximum atomic E-state index is 12.1. The minimum Gasteiger partial charge on any atom is -0.468 e. The zero-order valence-corrected chi connectivity index (χ0v) is 13.8. The smallest absolute Gasteiger partial charge is 0.325 e. The predicted molar refractivity (Wildman–Crippen MR) is 80.0 cm³/mol. The Kier molecular flexibility index (Phi) is 5.59. The van der Waals surface area contributed by atoms with E-state index in [1.807, 2.05) is 34.6 Å². The highest BCUT2D eigenvalue weighted by molar-refractivity contribution is 6.31. The zero-order chi connectivity index (χ0) is 15.5. The van der Waals surface area contributed by atoms with Crippen molar-refractivity contribution in [1.82, 2.24) is 15.1 Å². The summed E-state index contributed by atoms with van der Waals surface area (Å²) < 4.78 is 6.72. The van der Waals surface area contributed by atoms with Crippen molar-refractivity contribution in [1.29, 1.82) is 0 Å². The monoisotopic (exact) mass is 301 g/mol. The first-order valence-electron chi connectivity index (χ1n) is 6.77. The number of nitrogens with one attached hydrogen (secondary N) is 1. The van der Waals surface area contributed by atoms with Gasteiger partial charge in [0.1, 0.15) is 5.54 Å².